The number of aliphatic carboxylic acids is 1. The van der Waals surface area contributed by atoms with Gasteiger partial charge in [-0.15, -0.1) is 0 Å². The van der Waals surface area contributed by atoms with Crippen molar-refractivity contribution in [3.8, 4) is 5.75 Å². The van der Waals surface area contributed by atoms with Crippen LogP contribution in [-0.2, 0) is 4.79 Å². The number of ether oxygens (including phenoxy) is 1. The monoisotopic (exact) mass is 279 g/mol. The third-order valence-corrected chi connectivity index (χ3v) is 3.36. The normalized spacial score (nSPS) is 14.1. The second kappa shape index (κ2) is 7.90. The summed E-state index contributed by atoms with van der Waals surface area (Å²) < 4.78 is 5.13. The second-order valence-electron chi connectivity index (χ2n) is 5.60. The van der Waals surface area contributed by atoms with E-state index in [2.05, 4.69) is 12.2 Å². The van der Waals surface area contributed by atoms with Gasteiger partial charge in [-0.3, -0.25) is 4.79 Å². The summed E-state index contributed by atoms with van der Waals surface area (Å²) in [7, 11) is 1.64. The Kier molecular flexibility index (Phi) is 6.52. The van der Waals surface area contributed by atoms with Crippen molar-refractivity contribution in [2.45, 2.75) is 39.2 Å². The lowest BCUT2D eigenvalue weighted by atomic mass is 9.99. The van der Waals surface area contributed by atoms with Gasteiger partial charge in [0.15, 0.2) is 0 Å². The largest absolute Gasteiger partial charge is 0.497 e. The Morgan fingerprint density at radius 3 is 2.30 bits per heavy atom. The van der Waals surface area contributed by atoms with E-state index in [4.69, 9.17) is 4.74 Å². The Labute approximate surface area is 121 Å². The van der Waals surface area contributed by atoms with E-state index in [1.54, 1.807) is 7.11 Å². The van der Waals surface area contributed by atoms with Crippen LogP contribution in [-0.4, -0.2) is 30.8 Å². The van der Waals surface area contributed by atoms with Gasteiger partial charge in [-0.05, 0) is 36.0 Å². The molecule has 4 nitrogen and oxygen atoms in total. The van der Waals surface area contributed by atoms with Crippen molar-refractivity contribution < 1.29 is 14.6 Å². The molecule has 2 N–H and O–H groups in total. The van der Waals surface area contributed by atoms with Crippen LogP contribution in [0.15, 0.2) is 24.3 Å². The number of carbonyl (C=O) groups is 1. The van der Waals surface area contributed by atoms with Crippen LogP contribution < -0.4 is 10.1 Å². The molecule has 2 atom stereocenters. The van der Waals surface area contributed by atoms with Crippen molar-refractivity contribution in [2.75, 3.05) is 13.7 Å². The highest BCUT2D eigenvalue weighted by atomic mass is 16.5. The summed E-state index contributed by atoms with van der Waals surface area (Å²) in [4.78, 5) is 11.2. The summed E-state index contributed by atoms with van der Waals surface area (Å²) in [5.41, 5.74) is 1.17. The fourth-order valence-electron chi connectivity index (χ4n) is 2.11. The van der Waals surface area contributed by atoms with Crippen LogP contribution in [0.3, 0.4) is 0 Å². The van der Waals surface area contributed by atoms with Crippen molar-refractivity contribution in [1.29, 1.82) is 0 Å². The van der Waals surface area contributed by atoms with E-state index in [1.165, 1.54) is 5.56 Å². The van der Waals surface area contributed by atoms with Crippen molar-refractivity contribution in [1.82, 2.24) is 5.32 Å². The van der Waals surface area contributed by atoms with Crippen LogP contribution in [0, 0.1) is 5.92 Å². The highest BCUT2D eigenvalue weighted by Gasteiger charge is 2.19. The lowest BCUT2D eigenvalue weighted by Crippen LogP contribution is -2.39. The Balaban J connectivity index is 2.55. The number of hydrogen-bond acceptors (Lipinski definition) is 3. The standard InChI is InChI=1S/C16H25NO3/c1-11(2)9-15(16(18)19)17-10-12(3)13-5-7-14(20-4)8-6-13/h5-8,11-12,15,17H,9-10H2,1-4H3,(H,18,19)/t12?,15-/m0/s1. The molecule has 0 saturated carbocycles. The Morgan fingerprint density at radius 1 is 1.25 bits per heavy atom. The quantitative estimate of drug-likeness (QED) is 0.768. The maximum absolute atomic E-state index is 11.2. The zero-order valence-electron chi connectivity index (χ0n) is 12.7. The fraction of sp³-hybridized carbons (Fsp3) is 0.562. The van der Waals surface area contributed by atoms with E-state index in [0.717, 1.165) is 5.75 Å². The van der Waals surface area contributed by atoms with Crippen LogP contribution >= 0.6 is 0 Å². The molecule has 0 spiro atoms. The lowest BCUT2D eigenvalue weighted by molar-refractivity contribution is -0.139. The molecule has 0 fully saturated rings. The zero-order chi connectivity index (χ0) is 15.1. The third-order valence-electron chi connectivity index (χ3n) is 3.36. The molecular formula is C16H25NO3. The Morgan fingerprint density at radius 2 is 1.85 bits per heavy atom. The molecule has 1 aromatic rings. The van der Waals surface area contributed by atoms with E-state index in [9.17, 15) is 9.90 Å². The van der Waals surface area contributed by atoms with E-state index in [0.29, 0.717) is 18.9 Å². The average Bonchev–Trinajstić information content (AvgIpc) is 2.42. The maximum Gasteiger partial charge on any atom is 0.320 e. The molecule has 20 heavy (non-hydrogen) atoms. The number of carboxylic acid groups (broad SMARTS) is 1. The molecule has 0 bridgehead atoms. The Bertz CT molecular complexity index is 414. The van der Waals surface area contributed by atoms with Crippen molar-refractivity contribution in [2.24, 2.45) is 5.92 Å². The summed E-state index contributed by atoms with van der Waals surface area (Å²) in [6.45, 7) is 6.80. The summed E-state index contributed by atoms with van der Waals surface area (Å²) in [5, 5.41) is 12.3. The average molecular weight is 279 g/mol. The number of carboxylic acids is 1. The number of rotatable bonds is 8. The van der Waals surface area contributed by atoms with Crippen LogP contribution in [0.4, 0.5) is 0 Å². The van der Waals surface area contributed by atoms with Gasteiger partial charge < -0.3 is 15.2 Å². The molecule has 112 valence electrons. The predicted molar refractivity (Wildman–Crippen MR) is 80.3 cm³/mol. The van der Waals surface area contributed by atoms with Gasteiger partial charge in [0.25, 0.3) is 0 Å². The topological polar surface area (TPSA) is 58.6 Å². The first-order chi connectivity index (χ1) is 9.43. The van der Waals surface area contributed by atoms with Gasteiger partial charge in [0.2, 0.25) is 0 Å². The molecule has 0 heterocycles. The SMILES string of the molecule is COc1ccc(C(C)CN[C@@H](CC(C)C)C(=O)O)cc1. The van der Waals surface area contributed by atoms with Gasteiger partial charge in [0.1, 0.15) is 11.8 Å². The first-order valence-electron chi connectivity index (χ1n) is 7.04. The van der Waals surface area contributed by atoms with Crippen molar-refractivity contribution in [3.05, 3.63) is 29.8 Å². The van der Waals surface area contributed by atoms with Crippen LogP contribution in [0.25, 0.3) is 0 Å². The maximum atomic E-state index is 11.2. The van der Waals surface area contributed by atoms with Crippen LogP contribution in [0.2, 0.25) is 0 Å². The number of nitrogens with one attached hydrogen (secondary N) is 1. The molecule has 1 unspecified atom stereocenters. The van der Waals surface area contributed by atoms with Gasteiger partial charge in [-0.2, -0.15) is 0 Å². The highest BCUT2D eigenvalue weighted by Crippen LogP contribution is 2.19. The minimum atomic E-state index is -0.777. The Hall–Kier alpha value is -1.55. The summed E-state index contributed by atoms with van der Waals surface area (Å²) in [6, 6.07) is 7.41. The van der Waals surface area contributed by atoms with Crippen LogP contribution in [0.1, 0.15) is 38.7 Å². The molecule has 4 heteroatoms. The third kappa shape index (κ3) is 5.21. The van der Waals surface area contributed by atoms with Gasteiger partial charge in [-0.1, -0.05) is 32.9 Å². The molecule has 0 aliphatic heterocycles. The van der Waals surface area contributed by atoms with Gasteiger partial charge in [0.05, 0.1) is 7.11 Å². The molecule has 0 aromatic heterocycles. The summed E-state index contributed by atoms with van der Waals surface area (Å²) in [6.07, 6.45) is 0.644. The predicted octanol–water partition coefficient (Wildman–Crippen LogP) is 2.89. The van der Waals surface area contributed by atoms with Crippen LogP contribution in [0.5, 0.6) is 5.75 Å². The molecule has 1 rings (SSSR count). The highest BCUT2D eigenvalue weighted by molar-refractivity contribution is 5.73. The number of methoxy groups -OCH3 is 1. The minimum Gasteiger partial charge on any atom is -0.497 e. The molecule has 0 aliphatic carbocycles. The summed E-state index contributed by atoms with van der Waals surface area (Å²) >= 11 is 0. The molecular weight excluding hydrogens is 254 g/mol. The van der Waals surface area contributed by atoms with Crippen molar-refractivity contribution >= 4 is 5.97 Å². The second-order valence-corrected chi connectivity index (χ2v) is 5.60. The lowest BCUT2D eigenvalue weighted by Gasteiger charge is -2.19. The number of hydrogen-bond donors (Lipinski definition) is 2. The van der Waals surface area contributed by atoms with Gasteiger partial charge in [-0.25, -0.2) is 0 Å². The van der Waals surface area contributed by atoms with Gasteiger partial charge >= 0.3 is 5.97 Å². The fourth-order valence-corrected chi connectivity index (χ4v) is 2.11. The van der Waals surface area contributed by atoms with E-state index < -0.39 is 12.0 Å². The van der Waals surface area contributed by atoms with E-state index in [-0.39, 0.29) is 5.92 Å². The first kappa shape index (κ1) is 16.5. The number of benzene rings is 1. The zero-order valence-corrected chi connectivity index (χ0v) is 12.7. The molecule has 0 amide bonds. The van der Waals surface area contributed by atoms with Crippen molar-refractivity contribution in [3.63, 3.8) is 0 Å². The minimum absolute atomic E-state index is 0.259. The van der Waals surface area contributed by atoms with E-state index in [1.807, 2.05) is 38.1 Å². The smallest absolute Gasteiger partial charge is 0.320 e. The summed E-state index contributed by atoms with van der Waals surface area (Å²) in [5.74, 6) is 0.674. The van der Waals surface area contributed by atoms with E-state index >= 15 is 0 Å². The molecule has 0 aliphatic rings. The molecule has 1 aromatic carbocycles. The first-order valence-corrected chi connectivity index (χ1v) is 7.04. The van der Waals surface area contributed by atoms with Gasteiger partial charge in [0, 0.05) is 6.54 Å². The molecule has 0 saturated heterocycles. The molecule has 0 radical (unpaired) electrons.